The molecule has 100 valence electrons. The second kappa shape index (κ2) is 4.09. The number of fused-ring (bicyclic) bond motifs is 3. The smallest absolute Gasteiger partial charge is 0.286 e. The normalized spacial score (nSPS) is 15.2. The monoisotopic (exact) mass is 288 g/mol. The minimum Gasteiger partial charge on any atom is -0.286 e. The van der Waals surface area contributed by atoms with Gasteiger partial charge in [-0.2, -0.15) is 8.42 Å². The number of hydrogen-bond acceptors (Lipinski definition) is 4. The molecule has 0 amide bonds. The molecule has 2 aromatic carbocycles. The zero-order valence-corrected chi connectivity index (χ0v) is 10.8. The third-order valence-corrected chi connectivity index (χ3v) is 4.06. The van der Waals surface area contributed by atoms with Crippen molar-refractivity contribution in [1.82, 2.24) is 0 Å². The van der Waals surface area contributed by atoms with Gasteiger partial charge >= 0.3 is 0 Å². The van der Waals surface area contributed by atoms with Crippen LogP contribution >= 0.6 is 0 Å². The van der Waals surface area contributed by atoms with Gasteiger partial charge in [0.2, 0.25) is 11.6 Å². The zero-order chi connectivity index (χ0) is 14.5. The Morgan fingerprint density at radius 3 is 2.35 bits per heavy atom. The van der Waals surface area contributed by atoms with Crippen molar-refractivity contribution >= 4 is 37.4 Å². The molecule has 0 radical (unpaired) electrons. The second-order valence-electron chi connectivity index (χ2n) is 4.39. The molecule has 6 heteroatoms. The third-order valence-electron chi connectivity index (χ3n) is 3.18. The van der Waals surface area contributed by atoms with Crippen LogP contribution in [0.25, 0.3) is 15.7 Å². The molecule has 2 aromatic rings. The van der Waals surface area contributed by atoms with E-state index < -0.39 is 26.6 Å². The maximum absolute atomic E-state index is 11.9. The maximum Gasteiger partial charge on any atom is 0.295 e. The Kier molecular flexibility index (Phi) is 2.60. The van der Waals surface area contributed by atoms with Crippen molar-refractivity contribution in [2.24, 2.45) is 0 Å². The lowest BCUT2D eigenvalue weighted by Gasteiger charge is -2.16. The Bertz CT molecular complexity index is 906. The third kappa shape index (κ3) is 1.77. The molecule has 20 heavy (non-hydrogen) atoms. The molecule has 3 rings (SSSR count). The highest BCUT2D eigenvalue weighted by atomic mass is 32.2. The van der Waals surface area contributed by atoms with Crippen LogP contribution in [0, 0.1) is 0 Å². The van der Waals surface area contributed by atoms with E-state index in [9.17, 15) is 22.6 Å². The first kappa shape index (κ1) is 12.7. The summed E-state index contributed by atoms with van der Waals surface area (Å²) in [5.74, 6) is -1.74. The van der Waals surface area contributed by atoms with E-state index in [0.29, 0.717) is 16.8 Å². The number of allylic oxidation sites excluding steroid dienone is 1. The van der Waals surface area contributed by atoms with Gasteiger partial charge in [0, 0.05) is 17.2 Å². The van der Waals surface area contributed by atoms with Gasteiger partial charge in [0.05, 0.1) is 0 Å². The number of ketones is 2. The maximum atomic E-state index is 11.9. The summed E-state index contributed by atoms with van der Waals surface area (Å²) in [4.78, 5) is 22.9. The van der Waals surface area contributed by atoms with Crippen LogP contribution < -0.4 is 0 Å². The molecule has 5 nitrogen and oxygen atoms in total. The average Bonchev–Trinajstić information content (AvgIpc) is 2.41. The summed E-state index contributed by atoms with van der Waals surface area (Å²) < 4.78 is 32.2. The molecule has 0 unspecified atom stereocenters. The SMILES string of the molecule is O=C1C=C(S(=O)(=O)O)c2c(ccc3ccccc23)C1=O. The molecule has 1 aliphatic rings. The van der Waals surface area contributed by atoms with Gasteiger partial charge in [0.15, 0.2) is 0 Å². The molecule has 1 aliphatic carbocycles. The van der Waals surface area contributed by atoms with Crippen LogP contribution in [0.15, 0.2) is 42.5 Å². The van der Waals surface area contributed by atoms with Crippen LogP contribution in [0.1, 0.15) is 15.9 Å². The van der Waals surface area contributed by atoms with Crippen LogP contribution in [0.5, 0.6) is 0 Å². The first-order chi connectivity index (χ1) is 9.39. The van der Waals surface area contributed by atoms with Gasteiger partial charge in [-0.15, -0.1) is 0 Å². The summed E-state index contributed by atoms with van der Waals surface area (Å²) in [6.45, 7) is 0. The van der Waals surface area contributed by atoms with Gasteiger partial charge in [-0.3, -0.25) is 14.1 Å². The fourth-order valence-corrected chi connectivity index (χ4v) is 3.05. The highest BCUT2D eigenvalue weighted by Crippen LogP contribution is 2.34. The van der Waals surface area contributed by atoms with E-state index in [1.54, 1.807) is 30.3 Å². The van der Waals surface area contributed by atoms with E-state index in [1.807, 2.05) is 0 Å². The van der Waals surface area contributed by atoms with Crippen molar-refractivity contribution in [1.29, 1.82) is 0 Å². The summed E-state index contributed by atoms with van der Waals surface area (Å²) in [6, 6.07) is 9.86. The molecule has 0 aliphatic heterocycles. The summed E-state index contributed by atoms with van der Waals surface area (Å²) >= 11 is 0. The lowest BCUT2D eigenvalue weighted by molar-refractivity contribution is -0.110. The van der Waals surface area contributed by atoms with Gasteiger partial charge in [0.1, 0.15) is 4.91 Å². The topological polar surface area (TPSA) is 88.5 Å². The summed E-state index contributed by atoms with van der Waals surface area (Å²) in [6.07, 6.45) is 0.673. The molecule has 0 saturated heterocycles. The summed E-state index contributed by atoms with van der Waals surface area (Å²) in [5.41, 5.74) is 0.0685. The lowest BCUT2D eigenvalue weighted by atomic mass is 9.90. The predicted octanol–water partition coefficient (Wildman–Crippen LogP) is 1.83. The first-order valence-electron chi connectivity index (χ1n) is 5.69. The van der Waals surface area contributed by atoms with Gasteiger partial charge in [0.25, 0.3) is 10.1 Å². The fraction of sp³-hybridized carbons (Fsp3) is 0. The summed E-state index contributed by atoms with van der Waals surface area (Å²) in [5, 5.41) is 1.21. The predicted molar refractivity (Wildman–Crippen MR) is 72.8 cm³/mol. The largest absolute Gasteiger partial charge is 0.295 e. The van der Waals surface area contributed by atoms with E-state index in [2.05, 4.69) is 0 Å². The van der Waals surface area contributed by atoms with E-state index in [0.717, 1.165) is 0 Å². The second-order valence-corrected chi connectivity index (χ2v) is 5.78. The van der Waals surface area contributed by atoms with E-state index in [4.69, 9.17) is 0 Å². The minimum atomic E-state index is -4.60. The summed E-state index contributed by atoms with van der Waals surface area (Å²) in [7, 11) is -4.60. The van der Waals surface area contributed by atoms with Gasteiger partial charge < -0.3 is 0 Å². The molecule has 0 spiro atoms. The van der Waals surface area contributed by atoms with Crippen LogP contribution in [0.4, 0.5) is 0 Å². The number of carbonyl (C=O) groups is 2. The van der Waals surface area contributed by atoms with Crippen molar-refractivity contribution in [2.45, 2.75) is 0 Å². The van der Waals surface area contributed by atoms with Crippen molar-refractivity contribution in [3.8, 4) is 0 Å². The molecule has 0 fully saturated rings. The van der Waals surface area contributed by atoms with Gasteiger partial charge in [-0.25, -0.2) is 0 Å². The number of Topliss-reactive ketones (excluding diaryl/α,β-unsaturated/α-hetero) is 1. The Labute approximate surface area is 114 Å². The van der Waals surface area contributed by atoms with E-state index in [-0.39, 0.29) is 11.1 Å². The molecule has 0 saturated carbocycles. The Morgan fingerprint density at radius 2 is 1.65 bits per heavy atom. The van der Waals surface area contributed by atoms with Crippen LogP contribution in [0.2, 0.25) is 0 Å². The van der Waals surface area contributed by atoms with Crippen molar-refractivity contribution in [3.05, 3.63) is 53.6 Å². The molecule has 0 heterocycles. The molecule has 0 atom stereocenters. The highest BCUT2D eigenvalue weighted by Gasteiger charge is 2.32. The van der Waals surface area contributed by atoms with Gasteiger partial charge in [-0.1, -0.05) is 30.3 Å². The average molecular weight is 288 g/mol. The number of hydrogen-bond donors (Lipinski definition) is 1. The number of carbonyl (C=O) groups excluding carboxylic acids is 2. The highest BCUT2D eigenvalue weighted by molar-refractivity contribution is 7.95. The minimum absolute atomic E-state index is 0.0103. The number of rotatable bonds is 1. The van der Waals surface area contributed by atoms with E-state index >= 15 is 0 Å². The van der Waals surface area contributed by atoms with Crippen LogP contribution in [0.3, 0.4) is 0 Å². The molecule has 1 N–H and O–H groups in total. The molecule has 0 bridgehead atoms. The fourth-order valence-electron chi connectivity index (χ4n) is 2.32. The van der Waals surface area contributed by atoms with E-state index in [1.165, 1.54) is 6.07 Å². The quantitative estimate of drug-likeness (QED) is 0.639. The number of benzene rings is 2. The molecular weight excluding hydrogens is 280 g/mol. The molecular formula is C14H8O5S. The molecule has 0 aromatic heterocycles. The lowest BCUT2D eigenvalue weighted by Crippen LogP contribution is -2.21. The van der Waals surface area contributed by atoms with Gasteiger partial charge in [-0.05, 0) is 16.8 Å². The van der Waals surface area contributed by atoms with Crippen molar-refractivity contribution < 1.29 is 22.6 Å². The first-order valence-corrected chi connectivity index (χ1v) is 7.13. The van der Waals surface area contributed by atoms with Crippen LogP contribution in [-0.4, -0.2) is 24.5 Å². The Morgan fingerprint density at radius 1 is 0.950 bits per heavy atom. The Balaban J connectivity index is 2.51. The van der Waals surface area contributed by atoms with Crippen LogP contribution in [-0.2, 0) is 14.9 Å². The Hall–Kier alpha value is -2.31. The van der Waals surface area contributed by atoms with Crippen molar-refractivity contribution in [3.63, 3.8) is 0 Å². The zero-order valence-electron chi connectivity index (χ0n) is 10.0. The standard InChI is InChI=1S/C14H8O5S/c15-11-7-12(20(17,18)19)13-9-4-2-1-3-8(9)5-6-10(13)14(11)16/h1-7H,(H,17,18,19). The van der Waals surface area contributed by atoms with Crippen molar-refractivity contribution in [2.75, 3.05) is 0 Å².